The van der Waals surface area contributed by atoms with Crippen LogP contribution in [-0.2, 0) is 4.79 Å². The first kappa shape index (κ1) is 12.4. The van der Waals surface area contributed by atoms with Crippen LogP contribution in [0.25, 0.3) is 0 Å². The van der Waals surface area contributed by atoms with Gasteiger partial charge in [-0.25, -0.2) is 0 Å². The van der Waals surface area contributed by atoms with Crippen molar-refractivity contribution in [2.24, 2.45) is 0 Å². The van der Waals surface area contributed by atoms with E-state index in [1.54, 1.807) is 0 Å². The minimum absolute atomic E-state index is 0.0664. The molecule has 94 valence electrons. The quantitative estimate of drug-likeness (QED) is 0.530. The van der Waals surface area contributed by atoms with Gasteiger partial charge < -0.3 is 10.2 Å². The molecule has 2 fully saturated rings. The first-order chi connectivity index (χ1) is 8.29. The van der Waals surface area contributed by atoms with Crippen LogP contribution in [0.3, 0.4) is 0 Å². The third-order valence-corrected chi connectivity index (χ3v) is 3.70. The third kappa shape index (κ3) is 3.45. The van der Waals surface area contributed by atoms with E-state index in [4.69, 9.17) is 6.42 Å². The van der Waals surface area contributed by atoms with E-state index in [0.717, 1.165) is 19.4 Å². The van der Waals surface area contributed by atoms with E-state index in [2.05, 4.69) is 21.5 Å². The van der Waals surface area contributed by atoms with Gasteiger partial charge in [0.15, 0.2) is 0 Å². The molecule has 4 heteroatoms. The molecule has 2 heterocycles. The Morgan fingerprint density at radius 2 is 2.29 bits per heavy atom. The van der Waals surface area contributed by atoms with Crippen molar-refractivity contribution in [2.45, 2.75) is 37.8 Å². The molecule has 2 aliphatic heterocycles. The zero-order valence-electron chi connectivity index (χ0n) is 10.2. The molecule has 2 atom stereocenters. The summed E-state index contributed by atoms with van der Waals surface area (Å²) < 4.78 is 0. The molecule has 0 aromatic carbocycles. The summed E-state index contributed by atoms with van der Waals surface area (Å²) in [4.78, 5) is 14.2. The number of terminal acetylenes is 1. The standard InChI is InChI=1S/C13H21N3O/c1-2-6-14-10-13(17)15-11-5-8-16-7-3-4-12(16)9-11/h1,11-12,14H,3-10H2,(H,15,17). The number of hydrogen-bond donors (Lipinski definition) is 2. The minimum atomic E-state index is 0.0664. The molecular formula is C13H21N3O. The molecule has 0 aromatic heterocycles. The maximum atomic E-state index is 11.6. The Kier molecular flexibility index (Phi) is 4.41. The zero-order chi connectivity index (χ0) is 12.1. The number of carbonyl (C=O) groups is 1. The summed E-state index contributed by atoms with van der Waals surface area (Å²) >= 11 is 0. The van der Waals surface area contributed by atoms with E-state index in [1.165, 1.54) is 19.4 Å². The van der Waals surface area contributed by atoms with Gasteiger partial charge in [0.1, 0.15) is 0 Å². The highest BCUT2D eigenvalue weighted by Crippen LogP contribution is 2.26. The molecule has 17 heavy (non-hydrogen) atoms. The molecule has 0 spiro atoms. The summed E-state index contributed by atoms with van der Waals surface area (Å²) in [6.45, 7) is 3.16. The smallest absolute Gasteiger partial charge is 0.234 e. The lowest BCUT2D eigenvalue weighted by Gasteiger charge is -2.35. The third-order valence-electron chi connectivity index (χ3n) is 3.70. The monoisotopic (exact) mass is 235 g/mol. The number of piperidine rings is 1. The highest BCUT2D eigenvalue weighted by atomic mass is 16.1. The molecule has 1 amide bonds. The second-order valence-corrected chi connectivity index (χ2v) is 4.93. The van der Waals surface area contributed by atoms with Crippen LogP contribution in [0.15, 0.2) is 0 Å². The van der Waals surface area contributed by atoms with Crippen molar-refractivity contribution in [3.8, 4) is 12.3 Å². The Morgan fingerprint density at radius 3 is 3.12 bits per heavy atom. The molecule has 2 rings (SSSR count). The molecule has 2 unspecified atom stereocenters. The van der Waals surface area contributed by atoms with Crippen LogP contribution in [0, 0.1) is 12.3 Å². The fraction of sp³-hybridized carbons (Fsp3) is 0.769. The average Bonchev–Trinajstić information content (AvgIpc) is 2.76. The normalized spacial score (nSPS) is 28.4. The Bertz CT molecular complexity index is 310. The van der Waals surface area contributed by atoms with Crippen LogP contribution in [0.4, 0.5) is 0 Å². The lowest BCUT2D eigenvalue weighted by molar-refractivity contribution is -0.121. The van der Waals surface area contributed by atoms with E-state index in [9.17, 15) is 4.79 Å². The van der Waals surface area contributed by atoms with Gasteiger partial charge in [-0.15, -0.1) is 6.42 Å². The molecule has 2 aliphatic rings. The highest BCUT2D eigenvalue weighted by Gasteiger charge is 2.31. The van der Waals surface area contributed by atoms with E-state index in [0.29, 0.717) is 25.2 Å². The van der Waals surface area contributed by atoms with Crippen LogP contribution in [-0.4, -0.2) is 49.1 Å². The van der Waals surface area contributed by atoms with Crippen LogP contribution >= 0.6 is 0 Å². The maximum Gasteiger partial charge on any atom is 0.234 e. The number of carbonyl (C=O) groups excluding carboxylic acids is 1. The van der Waals surface area contributed by atoms with Crippen LogP contribution in [0.5, 0.6) is 0 Å². The van der Waals surface area contributed by atoms with Gasteiger partial charge in [0, 0.05) is 18.6 Å². The molecular weight excluding hydrogens is 214 g/mol. The lowest BCUT2D eigenvalue weighted by Crippen LogP contribution is -2.49. The van der Waals surface area contributed by atoms with E-state index < -0.39 is 0 Å². The summed E-state index contributed by atoms with van der Waals surface area (Å²) in [7, 11) is 0. The Morgan fingerprint density at radius 1 is 1.41 bits per heavy atom. The second-order valence-electron chi connectivity index (χ2n) is 4.93. The largest absolute Gasteiger partial charge is 0.352 e. The number of fused-ring (bicyclic) bond motifs is 1. The van der Waals surface area contributed by atoms with E-state index in [-0.39, 0.29) is 5.91 Å². The van der Waals surface area contributed by atoms with E-state index in [1.807, 2.05) is 0 Å². The molecule has 4 nitrogen and oxygen atoms in total. The molecule has 0 bridgehead atoms. The lowest BCUT2D eigenvalue weighted by atomic mass is 9.97. The van der Waals surface area contributed by atoms with Gasteiger partial charge in [-0.3, -0.25) is 10.1 Å². The maximum absolute atomic E-state index is 11.6. The number of hydrogen-bond acceptors (Lipinski definition) is 3. The molecule has 2 saturated heterocycles. The average molecular weight is 235 g/mol. The highest BCUT2D eigenvalue weighted by molar-refractivity contribution is 5.78. The molecule has 0 radical (unpaired) electrons. The van der Waals surface area contributed by atoms with Crippen molar-refractivity contribution >= 4 is 5.91 Å². The Hall–Kier alpha value is -1.05. The summed E-state index contributed by atoms with van der Waals surface area (Å²) in [6, 6.07) is 1.06. The molecule has 0 aliphatic carbocycles. The number of rotatable bonds is 4. The fourth-order valence-corrected chi connectivity index (χ4v) is 2.88. The van der Waals surface area contributed by atoms with Crippen molar-refractivity contribution in [1.82, 2.24) is 15.5 Å². The first-order valence-electron chi connectivity index (χ1n) is 6.47. The summed E-state index contributed by atoms with van der Waals surface area (Å²) in [5.41, 5.74) is 0. The summed E-state index contributed by atoms with van der Waals surface area (Å²) in [6.07, 6.45) is 9.91. The SMILES string of the molecule is C#CCNCC(=O)NC1CCN2CCCC2C1. The number of nitrogens with zero attached hydrogens (tertiary/aromatic N) is 1. The van der Waals surface area contributed by atoms with E-state index >= 15 is 0 Å². The van der Waals surface area contributed by atoms with Gasteiger partial charge in [-0.1, -0.05) is 5.92 Å². The predicted octanol–water partition coefficient (Wildman–Crippen LogP) is -0.0478. The first-order valence-corrected chi connectivity index (χ1v) is 6.47. The van der Waals surface area contributed by atoms with Crippen molar-refractivity contribution in [3.63, 3.8) is 0 Å². The van der Waals surface area contributed by atoms with Gasteiger partial charge in [0.25, 0.3) is 0 Å². The van der Waals surface area contributed by atoms with Crippen molar-refractivity contribution in [1.29, 1.82) is 0 Å². The topological polar surface area (TPSA) is 44.4 Å². The van der Waals surface area contributed by atoms with Crippen LogP contribution < -0.4 is 10.6 Å². The Balaban J connectivity index is 1.69. The molecule has 0 saturated carbocycles. The fourth-order valence-electron chi connectivity index (χ4n) is 2.88. The van der Waals surface area contributed by atoms with Gasteiger partial charge in [-0.2, -0.15) is 0 Å². The second kappa shape index (κ2) is 6.04. The predicted molar refractivity (Wildman–Crippen MR) is 67.5 cm³/mol. The minimum Gasteiger partial charge on any atom is -0.352 e. The van der Waals surface area contributed by atoms with Gasteiger partial charge in [-0.05, 0) is 32.2 Å². The van der Waals surface area contributed by atoms with Gasteiger partial charge in [0.2, 0.25) is 5.91 Å². The van der Waals surface area contributed by atoms with Crippen molar-refractivity contribution < 1.29 is 4.79 Å². The number of amides is 1. The molecule has 0 aromatic rings. The van der Waals surface area contributed by atoms with Crippen molar-refractivity contribution in [2.75, 3.05) is 26.2 Å². The van der Waals surface area contributed by atoms with Crippen molar-refractivity contribution in [3.05, 3.63) is 0 Å². The number of nitrogens with one attached hydrogen (secondary N) is 2. The van der Waals surface area contributed by atoms with Crippen LogP contribution in [0.1, 0.15) is 25.7 Å². The summed E-state index contributed by atoms with van der Waals surface area (Å²) in [5, 5.41) is 6.01. The summed E-state index contributed by atoms with van der Waals surface area (Å²) in [5.74, 6) is 2.53. The van der Waals surface area contributed by atoms with Gasteiger partial charge in [0.05, 0.1) is 13.1 Å². The van der Waals surface area contributed by atoms with Gasteiger partial charge >= 0.3 is 0 Å². The molecule has 2 N–H and O–H groups in total. The zero-order valence-corrected chi connectivity index (χ0v) is 10.2. The van der Waals surface area contributed by atoms with Crippen LogP contribution in [0.2, 0.25) is 0 Å². The Labute approximate surface area is 103 Å².